The molecular formula is C18H17BrClN3O3. The summed E-state index contributed by atoms with van der Waals surface area (Å²) in [6.07, 6.45) is 1.42. The van der Waals surface area contributed by atoms with E-state index in [1.54, 1.807) is 49.4 Å². The fourth-order valence-electron chi connectivity index (χ4n) is 2.05. The lowest BCUT2D eigenvalue weighted by Gasteiger charge is -2.13. The molecule has 8 heteroatoms. The topological polar surface area (TPSA) is 79.8 Å². The van der Waals surface area contributed by atoms with E-state index in [4.69, 9.17) is 16.3 Å². The Morgan fingerprint density at radius 1 is 1.27 bits per heavy atom. The fraction of sp³-hybridized carbons (Fsp3) is 0.167. The van der Waals surface area contributed by atoms with Crippen LogP contribution in [0.5, 0.6) is 5.75 Å². The third-order valence-corrected chi connectivity index (χ3v) is 4.36. The molecule has 2 N–H and O–H groups in total. The van der Waals surface area contributed by atoms with Gasteiger partial charge in [-0.05, 0) is 53.2 Å². The summed E-state index contributed by atoms with van der Waals surface area (Å²) in [5.41, 5.74) is 3.44. The van der Waals surface area contributed by atoms with E-state index in [2.05, 4.69) is 31.8 Å². The smallest absolute Gasteiger partial charge is 0.262 e. The molecular weight excluding hydrogens is 422 g/mol. The summed E-state index contributed by atoms with van der Waals surface area (Å²) in [5.74, 6) is -0.244. The van der Waals surface area contributed by atoms with Crippen LogP contribution >= 0.6 is 27.5 Å². The van der Waals surface area contributed by atoms with Crippen molar-refractivity contribution in [3.8, 4) is 5.75 Å². The molecule has 2 aromatic rings. The average Bonchev–Trinajstić information content (AvgIpc) is 2.62. The first-order valence-corrected chi connectivity index (χ1v) is 8.81. The van der Waals surface area contributed by atoms with Crippen LogP contribution in [0.4, 0.5) is 0 Å². The van der Waals surface area contributed by atoms with Crippen molar-refractivity contribution in [2.24, 2.45) is 5.10 Å². The van der Waals surface area contributed by atoms with Crippen molar-refractivity contribution in [3.05, 3.63) is 63.1 Å². The van der Waals surface area contributed by atoms with Crippen molar-refractivity contribution in [1.82, 2.24) is 10.7 Å². The van der Waals surface area contributed by atoms with E-state index in [1.807, 2.05) is 0 Å². The number of hydrogen-bond acceptors (Lipinski definition) is 4. The third-order valence-electron chi connectivity index (χ3n) is 3.43. The highest BCUT2D eigenvalue weighted by molar-refractivity contribution is 9.10. The summed E-state index contributed by atoms with van der Waals surface area (Å²) in [6, 6.07) is 11.2. The van der Waals surface area contributed by atoms with E-state index >= 15 is 0 Å². The molecule has 2 aromatic carbocycles. The summed E-state index contributed by atoms with van der Waals surface area (Å²) in [5, 5.41) is 7.02. The second-order valence-corrected chi connectivity index (χ2v) is 6.59. The summed E-state index contributed by atoms with van der Waals surface area (Å²) in [6.45, 7) is 1.57. The van der Waals surface area contributed by atoms with Gasteiger partial charge in [0.25, 0.3) is 11.8 Å². The summed E-state index contributed by atoms with van der Waals surface area (Å²) < 4.78 is 5.84. The van der Waals surface area contributed by atoms with Crippen molar-refractivity contribution in [1.29, 1.82) is 0 Å². The number of carbonyl (C=O) groups is 2. The lowest BCUT2D eigenvalue weighted by atomic mass is 10.2. The normalized spacial score (nSPS) is 11.8. The van der Waals surface area contributed by atoms with Crippen LogP contribution in [-0.4, -0.2) is 31.2 Å². The second-order valence-electron chi connectivity index (χ2n) is 5.30. The number of nitrogens with zero attached hydrogens (tertiary/aromatic N) is 1. The van der Waals surface area contributed by atoms with Crippen LogP contribution in [-0.2, 0) is 4.79 Å². The van der Waals surface area contributed by atoms with Gasteiger partial charge in [0.2, 0.25) is 0 Å². The molecule has 0 aliphatic heterocycles. The summed E-state index contributed by atoms with van der Waals surface area (Å²) in [4.78, 5) is 24.3. The molecule has 0 saturated carbocycles. The van der Waals surface area contributed by atoms with Gasteiger partial charge in [-0.3, -0.25) is 9.59 Å². The van der Waals surface area contributed by atoms with Gasteiger partial charge in [0.15, 0.2) is 0 Å². The molecule has 0 bridgehead atoms. The number of halogens is 2. The Kier molecular flexibility index (Phi) is 7.17. The van der Waals surface area contributed by atoms with Crippen molar-refractivity contribution in [2.75, 3.05) is 7.11 Å². The fourth-order valence-corrected chi connectivity index (χ4v) is 2.70. The van der Waals surface area contributed by atoms with Gasteiger partial charge in [-0.25, -0.2) is 5.43 Å². The van der Waals surface area contributed by atoms with Crippen molar-refractivity contribution < 1.29 is 14.3 Å². The SMILES string of the molecule is COc1ccc(Cl)cc1C=NNC(=O)C(C)NC(=O)c1ccccc1Br. The Morgan fingerprint density at radius 3 is 2.69 bits per heavy atom. The molecule has 0 radical (unpaired) electrons. The Bertz CT molecular complexity index is 842. The molecule has 1 atom stereocenters. The van der Waals surface area contributed by atoms with Crippen molar-refractivity contribution in [3.63, 3.8) is 0 Å². The molecule has 26 heavy (non-hydrogen) atoms. The second kappa shape index (κ2) is 9.35. The maximum absolute atomic E-state index is 12.2. The Morgan fingerprint density at radius 2 is 2.00 bits per heavy atom. The van der Waals surface area contributed by atoms with E-state index in [-0.39, 0.29) is 5.91 Å². The minimum atomic E-state index is -0.770. The molecule has 2 rings (SSSR count). The predicted molar refractivity (Wildman–Crippen MR) is 105 cm³/mol. The van der Waals surface area contributed by atoms with E-state index in [1.165, 1.54) is 13.3 Å². The van der Waals surface area contributed by atoms with Crippen molar-refractivity contribution >= 4 is 45.6 Å². The Labute approximate surface area is 164 Å². The number of hydrazone groups is 1. The molecule has 0 aliphatic rings. The van der Waals surface area contributed by atoms with Crippen LogP contribution in [0.3, 0.4) is 0 Å². The molecule has 0 fully saturated rings. The number of methoxy groups -OCH3 is 1. The standard InChI is InChI=1S/C18H17BrClN3O3/c1-11(22-18(25)14-5-3-4-6-15(14)19)17(24)23-21-10-12-9-13(20)7-8-16(12)26-2/h3-11H,1-2H3,(H,22,25)(H,23,24). The molecule has 136 valence electrons. The maximum Gasteiger partial charge on any atom is 0.262 e. The summed E-state index contributed by atoms with van der Waals surface area (Å²) in [7, 11) is 1.53. The highest BCUT2D eigenvalue weighted by atomic mass is 79.9. The third kappa shape index (κ3) is 5.31. The lowest BCUT2D eigenvalue weighted by Crippen LogP contribution is -2.43. The van der Waals surface area contributed by atoms with E-state index in [9.17, 15) is 9.59 Å². The number of carbonyl (C=O) groups excluding carboxylic acids is 2. The summed E-state index contributed by atoms with van der Waals surface area (Å²) >= 11 is 9.24. The maximum atomic E-state index is 12.2. The lowest BCUT2D eigenvalue weighted by molar-refractivity contribution is -0.122. The molecule has 0 aromatic heterocycles. The van der Waals surface area contributed by atoms with Gasteiger partial charge in [0, 0.05) is 15.1 Å². The van der Waals surface area contributed by atoms with E-state index in [0.717, 1.165) is 0 Å². The number of hydrogen-bond donors (Lipinski definition) is 2. The van der Waals surface area contributed by atoms with Crippen LogP contribution in [0.2, 0.25) is 5.02 Å². The largest absolute Gasteiger partial charge is 0.496 e. The molecule has 0 aliphatic carbocycles. The minimum Gasteiger partial charge on any atom is -0.496 e. The van der Waals surface area contributed by atoms with Crippen LogP contribution in [0, 0.1) is 0 Å². The highest BCUT2D eigenvalue weighted by Gasteiger charge is 2.17. The molecule has 1 unspecified atom stereocenters. The molecule has 0 spiro atoms. The zero-order chi connectivity index (χ0) is 19.1. The Hall–Kier alpha value is -2.38. The first-order valence-electron chi connectivity index (χ1n) is 7.64. The van der Waals surface area contributed by atoms with Gasteiger partial charge in [0.05, 0.1) is 18.9 Å². The van der Waals surface area contributed by atoms with E-state index < -0.39 is 11.9 Å². The molecule has 0 saturated heterocycles. The molecule has 0 heterocycles. The molecule has 6 nitrogen and oxygen atoms in total. The number of rotatable bonds is 6. The van der Waals surface area contributed by atoms with Crippen LogP contribution < -0.4 is 15.5 Å². The number of nitrogens with one attached hydrogen (secondary N) is 2. The quantitative estimate of drug-likeness (QED) is 0.536. The first kappa shape index (κ1) is 19.9. The predicted octanol–water partition coefficient (Wildman–Crippen LogP) is 3.38. The van der Waals surface area contributed by atoms with Gasteiger partial charge in [-0.15, -0.1) is 0 Å². The Balaban J connectivity index is 1.96. The van der Waals surface area contributed by atoms with Crippen LogP contribution in [0.25, 0.3) is 0 Å². The van der Waals surface area contributed by atoms with Gasteiger partial charge < -0.3 is 10.1 Å². The van der Waals surface area contributed by atoms with Gasteiger partial charge in [-0.2, -0.15) is 5.10 Å². The zero-order valence-electron chi connectivity index (χ0n) is 14.1. The van der Waals surface area contributed by atoms with Crippen molar-refractivity contribution in [2.45, 2.75) is 13.0 Å². The zero-order valence-corrected chi connectivity index (χ0v) is 16.5. The highest BCUT2D eigenvalue weighted by Crippen LogP contribution is 2.20. The molecule has 2 amide bonds. The van der Waals surface area contributed by atoms with E-state index in [0.29, 0.717) is 26.4 Å². The number of ether oxygens (including phenoxy) is 1. The van der Waals surface area contributed by atoms with Gasteiger partial charge in [-0.1, -0.05) is 23.7 Å². The van der Waals surface area contributed by atoms with Crippen LogP contribution in [0.15, 0.2) is 52.0 Å². The monoisotopic (exact) mass is 437 g/mol. The number of amides is 2. The van der Waals surface area contributed by atoms with Crippen LogP contribution in [0.1, 0.15) is 22.8 Å². The number of benzene rings is 2. The minimum absolute atomic E-state index is 0.361. The first-order chi connectivity index (χ1) is 12.4. The van der Waals surface area contributed by atoms with Gasteiger partial charge >= 0.3 is 0 Å². The average molecular weight is 439 g/mol. The van der Waals surface area contributed by atoms with Gasteiger partial charge in [0.1, 0.15) is 11.8 Å².